The van der Waals surface area contributed by atoms with Crippen molar-refractivity contribution >= 4 is 29.3 Å². The van der Waals surface area contributed by atoms with Crippen LogP contribution >= 0.6 is 11.8 Å². The number of carbonyl (C=O) groups excluding carboxylic acids is 1. The molecule has 28 heavy (non-hydrogen) atoms. The molecule has 0 bridgehead atoms. The van der Waals surface area contributed by atoms with E-state index in [1.165, 1.54) is 22.8 Å². The molecule has 1 atom stereocenters. The van der Waals surface area contributed by atoms with Gasteiger partial charge in [0.1, 0.15) is 12.0 Å². The maximum Gasteiger partial charge on any atom is 0.295 e. The fraction of sp³-hybridized carbons (Fsp3) is 0.278. The zero-order valence-electron chi connectivity index (χ0n) is 15.8. The van der Waals surface area contributed by atoms with Crippen molar-refractivity contribution in [2.75, 3.05) is 11.1 Å². The first-order valence-electron chi connectivity index (χ1n) is 8.68. The molecule has 0 fully saturated rings. The maximum absolute atomic E-state index is 12.9. The third-order valence-electron chi connectivity index (χ3n) is 4.28. The number of benzene rings is 1. The van der Waals surface area contributed by atoms with Crippen LogP contribution in [0.5, 0.6) is 0 Å². The van der Waals surface area contributed by atoms with Crippen LogP contribution < -0.4 is 16.6 Å². The molecule has 0 saturated carbocycles. The number of hydrogen-bond acceptors (Lipinski definition) is 7. The smallest absolute Gasteiger partial charge is 0.295 e. The van der Waals surface area contributed by atoms with Crippen molar-refractivity contribution in [1.82, 2.24) is 24.3 Å². The normalized spacial score (nSPS) is 12.0. The van der Waals surface area contributed by atoms with E-state index < -0.39 is 5.25 Å². The number of aromatic nitrogens is 5. The van der Waals surface area contributed by atoms with Gasteiger partial charge in [0.2, 0.25) is 11.9 Å². The number of nitrogens with two attached hydrogens (primary N) is 1. The van der Waals surface area contributed by atoms with Crippen LogP contribution in [-0.2, 0) is 11.8 Å². The molecule has 1 aromatic carbocycles. The number of nitrogen functional groups attached to an aromatic ring is 1. The van der Waals surface area contributed by atoms with E-state index in [1.807, 2.05) is 37.3 Å². The van der Waals surface area contributed by atoms with Gasteiger partial charge in [0, 0.05) is 7.05 Å². The quantitative estimate of drug-likeness (QED) is 0.606. The zero-order chi connectivity index (χ0) is 20.3. The molecule has 0 aliphatic carbocycles. The van der Waals surface area contributed by atoms with Gasteiger partial charge in [-0.1, -0.05) is 36.9 Å². The lowest BCUT2D eigenvalue weighted by Gasteiger charge is -2.13. The maximum atomic E-state index is 12.9. The third-order valence-corrected chi connectivity index (χ3v) is 5.52. The molecular formula is C18H21N7O2S. The molecule has 3 N–H and O–H groups in total. The van der Waals surface area contributed by atoms with Crippen LogP contribution in [0, 0.1) is 6.92 Å². The predicted octanol–water partition coefficient (Wildman–Crippen LogP) is 1.76. The fourth-order valence-electron chi connectivity index (χ4n) is 2.72. The Kier molecular flexibility index (Phi) is 5.78. The Bertz CT molecular complexity index is 1050. The van der Waals surface area contributed by atoms with Gasteiger partial charge in [-0.25, -0.2) is 14.6 Å². The van der Waals surface area contributed by atoms with Gasteiger partial charge in [-0.15, -0.1) is 0 Å². The lowest BCUT2D eigenvalue weighted by atomic mass is 10.3. The molecule has 0 spiro atoms. The minimum atomic E-state index is -0.481. The molecule has 0 aliphatic heterocycles. The zero-order valence-corrected chi connectivity index (χ0v) is 16.6. The van der Waals surface area contributed by atoms with Crippen LogP contribution in [0.4, 0.5) is 11.6 Å². The standard InChI is InChI=1S/C18H21N7O2S/c1-4-13(28-18-21-10-20-17(19)23-18)15(26)22-14-11(2)24(3)25(16(14)27)12-8-6-5-7-9-12/h5-10,13H,4H2,1-3H3,(H,22,26)(H2,19,20,21,23). The van der Waals surface area contributed by atoms with E-state index in [4.69, 9.17) is 5.73 Å². The van der Waals surface area contributed by atoms with Crippen molar-refractivity contribution in [1.29, 1.82) is 0 Å². The molecule has 146 valence electrons. The van der Waals surface area contributed by atoms with Crippen molar-refractivity contribution in [3.8, 4) is 5.69 Å². The highest BCUT2D eigenvalue weighted by Crippen LogP contribution is 2.24. The lowest BCUT2D eigenvalue weighted by molar-refractivity contribution is -0.115. The summed E-state index contributed by atoms with van der Waals surface area (Å²) in [5.74, 6) is -0.199. The van der Waals surface area contributed by atoms with Crippen LogP contribution in [0.1, 0.15) is 19.0 Å². The first kappa shape index (κ1) is 19.6. The lowest BCUT2D eigenvalue weighted by Crippen LogP contribution is -2.28. The molecule has 3 rings (SSSR count). The fourth-order valence-corrected chi connectivity index (χ4v) is 3.56. The number of nitrogens with zero attached hydrogens (tertiary/aromatic N) is 5. The molecule has 1 amide bonds. The van der Waals surface area contributed by atoms with Crippen LogP contribution in [0.3, 0.4) is 0 Å². The average molecular weight is 399 g/mol. The minimum absolute atomic E-state index is 0.0948. The Labute approximate surface area is 166 Å². The molecule has 3 aromatic rings. The van der Waals surface area contributed by atoms with Gasteiger partial charge in [-0.3, -0.25) is 14.3 Å². The molecule has 2 heterocycles. The van der Waals surface area contributed by atoms with E-state index in [1.54, 1.807) is 18.7 Å². The summed E-state index contributed by atoms with van der Waals surface area (Å²) in [6, 6.07) is 9.26. The minimum Gasteiger partial charge on any atom is -0.368 e. The van der Waals surface area contributed by atoms with E-state index >= 15 is 0 Å². The summed E-state index contributed by atoms with van der Waals surface area (Å²) < 4.78 is 3.24. The summed E-state index contributed by atoms with van der Waals surface area (Å²) >= 11 is 1.18. The van der Waals surface area contributed by atoms with Crippen molar-refractivity contribution in [3.63, 3.8) is 0 Å². The van der Waals surface area contributed by atoms with Crippen LogP contribution in [0.25, 0.3) is 5.69 Å². The number of anilines is 2. The SMILES string of the molecule is CCC(Sc1ncnc(N)n1)C(=O)Nc1c(C)n(C)n(-c2ccccc2)c1=O. The highest BCUT2D eigenvalue weighted by Gasteiger charge is 2.24. The van der Waals surface area contributed by atoms with E-state index in [9.17, 15) is 9.59 Å². The Morgan fingerprint density at radius 2 is 2.00 bits per heavy atom. The second kappa shape index (κ2) is 8.26. The van der Waals surface area contributed by atoms with Crippen LogP contribution in [0.15, 0.2) is 46.6 Å². The van der Waals surface area contributed by atoms with E-state index in [2.05, 4.69) is 20.3 Å². The Morgan fingerprint density at radius 1 is 1.29 bits per heavy atom. The molecule has 9 nitrogen and oxygen atoms in total. The molecule has 2 aromatic heterocycles. The third kappa shape index (κ3) is 3.91. The van der Waals surface area contributed by atoms with Gasteiger partial charge in [0.15, 0.2) is 5.16 Å². The topological polar surface area (TPSA) is 121 Å². The van der Waals surface area contributed by atoms with Crippen molar-refractivity contribution in [2.45, 2.75) is 30.7 Å². The van der Waals surface area contributed by atoms with Gasteiger partial charge >= 0.3 is 0 Å². The van der Waals surface area contributed by atoms with Gasteiger partial charge in [-0.05, 0) is 25.5 Å². The molecule has 0 radical (unpaired) electrons. The van der Waals surface area contributed by atoms with Crippen LogP contribution in [-0.4, -0.2) is 35.5 Å². The Balaban J connectivity index is 1.86. The van der Waals surface area contributed by atoms with Crippen molar-refractivity contribution in [2.24, 2.45) is 7.05 Å². The molecule has 0 aliphatic rings. The molecule has 0 saturated heterocycles. The summed E-state index contributed by atoms with van der Waals surface area (Å²) in [5.41, 5.74) is 6.92. The second-order valence-corrected chi connectivity index (χ2v) is 7.24. The largest absolute Gasteiger partial charge is 0.368 e. The van der Waals surface area contributed by atoms with Crippen molar-refractivity contribution < 1.29 is 4.79 Å². The number of carbonyl (C=O) groups is 1. The van der Waals surface area contributed by atoms with E-state index in [0.717, 1.165) is 5.69 Å². The number of nitrogens with one attached hydrogen (secondary N) is 1. The second-order valence-electron chi connectivity index (χ2n) is 6.07. The highest BCUT2D eigenvalue weighted by atomic mass is 32.2. The summed E-state index contributed by atoms with van der Waals surface area (Å²) in [6.45, 7) is 3.67. The van der Waals surface area contributed by atoms with E-state index in [-0.39, 0.29) is 23.1 Å². The summed E-state index contributed by atoms with van der Waals surface area (Å²) in [4.78, 5) is 37.5. The summed E-state index contributed by atoms with van der Waals surface area (Å²) in [5, 5.41) is 2.66. The van der Waals surface area contributed by atoms with Gasteiger partial charge in [0.05, 0.1) is 16.6 Å². The first-order chi connectivity index (χ1) is 13.4. The van der Waals surface area contributed by atoms with E-state index in [0.29, 0.717) is 17.3 Å². The summed E-state index contributed by atoms with van der Waals surface area (Å²) in [6.07, 6.45) is 1.83. The predicted molar refractivity (Wildman–Crippen MR) is 109 cm³/mol. The number of thioether (sulfide) groups is 1. The van der Waals surface area contributed by atoms with Gasteiger partial charge in [-0.2, -0.15) is 4.98 Å². The molecule has 10 heteroatoms. The highest BCUT2D eigenvalue weighted by molar-refractivity contribution is 8.00. The Morgan fingerprint density at radius 3 is 2.64 bits per heavy atom. The van der Waals surface area contributed by atoms with Gasteiger partial charge < -0.3 is 11.1 Å². The number of amides is 1. The monoisotopic (exact) mass is 399 g/mol. The first-order valence-corrected chi connectivity index (χ1v) is 9.56. The number of rotatable bonds is 6. The Hall–Kier alpha value is -3.14. The number of hydrogen-bond donors (Lipinski definition) is 2. The average Bonchev–Trinajstić information content (AvgIpc) is 2.90. The molecule has 1 unspecified atom stereocenters. The van der Waals surface area contributed by atoms with Crippen LogP contribution in [0.2, 0.25) is 0 Å². The molecular weight excluding hydrogens is 378 g/mol. The van der Waals surface area contributed by atoms with Gasteiger partial charge in [0.25, 0.3) is 5.56 Å². The summed E-state index contributed by atoms with van der Waals surface area (Å²) in [7, 11) is 1.78. The number of para-hydroxylation sites is 1. The van der Waals surface area contributed by atoms with Crippen molar-refractivity contribution in [3.05, 3.63) is 52.7 Å².